The second kappa shape index (κ2) is 10.6. The maximum absolute atomic E-state index is 10.3. The van der Waals surface area contributed by atoms with E-state index in [4.69, 9.17) is 21.1 Å². The van der Waals surface area contributed by atoms with Crippen LogP contribution >= 0.6 is 11.6 Å². The number of benzene rings is 1. The van der Waals surface area contributed by atoms with Crippen LogP contribution in [0, 0.1) is 0 Å². The van der Waals surface area contributed by atoms with E-state index >= 15 is 0 Å². The molecule has 28 heavy (non-hydrogen) atoms. The Bertz CT molecular complexity index is 729. The number of aliphatic hydroxyl groups excluding tert-OH is 2. The summed E-state index contributed by atoms with van der Waals surface area (Å²) in [6.07, 6.45) is 2.09. The summed E-state index contributed by atoms with van der Waals surface area (Å²) >= 11 is 5.90. The van der Waals surface area contributed by atoms with Gasteiger partial charge in [0, 0.05) is 25.9 Å². The van der Waals surface area contributed by atoms with Crippen molar-refractivity contribution < 1.29 is 19.7 Å². The van der Waals surface area contributed by atoms with E-state index in [2.05, 4.69) is 9.88 Å². The normalized spacial score (nSPS) is 22.0. The molecule has 1 aromatic heterocycles. The minimum absolute atomic E-state index is 0.139. The van der Waals surface area contributed by atoms with E-state index in [0.29, 0.717) is 37.9 Å². The first-order chi connectivity index (χ1) is 13.6. The molecule has 1 aliphatic rings. The Morgan fingerprint density at radius 2 is 1.89 bits per heavy atom. The van der Waals surface area contributed by atoms with Crippen LogP contribution in [0.25, 0.3) is 0 Å². The molecule has 2 N–H and O–H groups in total. The zero-order valence-electron chi connectivity index (χ0n) is 15.8. The Morgan fingerprint density at radius 1 is 1.07 bits per heavy atom. The Balaban J connectivity index is 1.83. The number of anilines is 1. The van der Waals surface area contributed by atoms with E-state index in [-0.39, 0.29) is 6.61 Å². The highest BCUT2D eigenvalue weighted by atomic mass is 35.5. The number of aromatic nitrogens is 1. The van der Waals surface area contributed by atoms with Gasteiger partial charge in [0.15, 0.2) is 0 Å². The van der Waals surface area contributed by atoms with Gasteiger partial charge in [-0.3, -0.25) is 0 Å². The number of fused-ring (bicyclic) bond motifs is 1. The lowest BCUT2D eigenvalue weighted by molar-refractivity contribution is -0.0405. The van der Waals surface area contributed by atoms with Crippen LogP contribution in [0.5, 0.6) is 5.75 Å². The number of rotatable bonds is 2. The number of hydrogen-bond donors (Lipinski definition) is 2. The van der Waals surface area contributed by atoms with Gasteiger partial charge in [-0.2, -0.15) is 0 Å². The number of para-hydroxylation sites is 2. The molecule has 0 aliphatic carbocycles. The zero-order chi connectivity index (χ0) is 19.8. The SMILES string of the molecule is O[C@@H]1COCCCCOc2ccccc2N(Cc2ccc(Cl)nc2)CC[C@@H]1O. The van der Waals surface area contributed by atoms with Crippen LogP contribution in [-0.2, 0) is 11.3 Å². The molecule has 152 valence electrons. The fourth-order valence-corrected chi connectivity index (χ4v) is 3.24. The second-order valence-electron chi connectivity index (χ2n) is 6.93. The van der Waals surface area contributed by atoms with Gasteiger partial charge in [0.25, 0.3) is 0 Å². The lowest BCUT2D eigenvalue weighted by Gasteiger charge is -2.29. The summed E-state index contributed by atoms with van der Waals surface area (Å²) in [5.41, 5.74) is 1.95. The molecule has 6 nitrogen and oxygen atoms in total. The van der Waals surface area contributed by atoms with Crippen LogP contribution in [0.2, 0.25) is 5.15 Å². The van der Waals surface area contributed by atoms with Crippen molar-refractivity contribution in [3.05, 3.63) is 53.3 Å². The summed E-state index contributed by atoms with van der Waals surface area (Å²) in [6.45, 7) is 2.41. The first-order valence-electron chi connectivity index (χ1n) is 9.64. The van der Waals surface area contributed by atoms with Crippen molar-refractivity contribution in [3.8, 4) is 5.75 Å². The average molecular weight is 407 g/mol. The van der Waals surface area contributed by atoms with E-state index in [0.717, 1.165) is 29.8 Å². The monoisotopic (exact) mass is 406 g/mol. The van der Waals surface area contributed by atoms with Crippen molar-refractivity contribution in [1.29, 1.82) is 0 Å². The lowest BCUT2D eigenvalue weighted by atomic mass is 10.1. The molecule has 2 atom stereocenters. The van der Waals surface area contributed by atoms with Crippen molar-refractivity contribution in [2.75, 3.05) is 31.3 Å². The molecule has 0 spiro atoms. The standard InChI is InChI=1S/C21H27ClN2O4/c22-21-8-7-16(13-23-21)14-24-10-9-18(25)19(26)15-27-11-3-4-12-28-20-6-2-1-5-17(20)24/h1-2,5-8,13,18-19,25-26H,3-4,9-12,14-15H2/t18-,19+/m0/s1. The molecular formula is C21H27ClN2O4. The molecule has 3 rings (SSSR count). The van der Waals surface area contributed by atoms with Gasteiger partial charge in [-0.25, -0.2) is 4.98 Å². The molecule has 0 bridgehead atoms. The molecule has 1 aliphatic heterocycles. The summed E-state index contributed by atoms with van der Waals surface area (Å²) < 4.78 is 11.5. The molecule has 0 unspecified atom stereocenters. The number of pyridine rings is 1. The average Bonchev–Trinajstić information content (AvgIpc) is 2.71. The summed E-state index contributed by atoms with van der Waals surface area (Å²) in [5, 5.41) is 20.9. The topological polar surface area (TPSA) is 75.0 Å². The van der Waals surface area contributed by atoms with Crippen LogP contribution in [0.4, 0.5) is 5.69 Å². The summed E-state index contributed by atoms with van der Waals surface area (Å²) in [6, 6.07) is 11.6. The molecule has 1 aromatic carbocycles. The maximum Gasteiger partial charge on any atom is 0.142 e. The van der Waals surface area contributed by atoms with E-state index in [1.54, 1.807) is 12.3 Å². The Labute approximate surface area is 170 Å². The summed E-state index contributed by atoms with van der Waals surface area (Å²) in [5.74, 6) is 0.803. The van der Waals surface area contributed by atoms with Crippen LogP contribution < -0.4 is 9.64 Å². The van der Waals surface area contributed by atoms with E-state index in [9.17, 15) is 10.2 Å². The van der Waals surface area contributed by atoms with Gasteiger partial charge in [0.1, 0.15) is 17.0 Å². The van der Waals surface area contributed by atoms with Crippen LogP contribution in [0.3, 0.4) is 0 Å². The minimum atomic E-state index is -0.895. The molecule has 0 saturated carbocycles. The van der Waals surface area contributed by atoms with Crippen LogP contribution in [0.1, 0.15) is 24.8 Å². The molecule has 7 heteroatoms. The van der Waals surface area contributed by atoms with Crippen molar-refractivity contribution in [2.45, 2.75) is 38.0 Å². The van der Waals surface area contributed by atoms with Gasteiger partial charge in [-0.1, -0.05) is 29.8 Å². The molecule has 2 heterocycles. The van der Waals surface area contributed by atoms with Crippen molar-refractivity contribution in [3.63, 3.8) is 0 Å². The minimum Gasteiger partial charge on any atom is -0.491 e. The molecule has 0 radical (unpaired) electrons. The summed E-state index contributed by atoms with van der Waals surface area (Å²) in [7, 11) is 0. The number of halogens is 1. The quantitative estimate of drug-likeness (QED) is 0.746. The van der Waals surface area contributed by atoms with Crippen LogP contribution in [0.15, 0.2) is 42.6 Å². The highest BCUT2D eigenvalue weighted by Gasteiger charge is 2.20. The fourth-order valence-electron chi connectivity index (χ4n) is 3.13. The third-order valence-corrected chi connectivity index (χ3v) is 4.96. The lowest BCUT2D eigenvalue weighted by Crippen LogP contribution is -2.35. The summed E-state index contributed by atoms with van der Waals surface area (Å²) in [4.78, 5) is 6.28. The molecular weight excluding hydrogens is 380 g/mol. The van der Waals surface area contributed by atoms with Crippen molar-refractivity contribution >= 4 is 17.3 Å². The van der Waals surface area contributed by atoms with Gasteiger partial charge in [-0.05, 0) is 43.0 Å². The Morgan fingerprint density at radius 3 is 2.71 bits per heavy atom. The van der Waals surface area contributed by atoms with E-state index in [1.807, 2.05) is 30.3 Å². The Kier molecular flexibility index (Phi) is 7.91. The molecule has 0 saturated heterocycles. The van der Waals surface area contributed by atoms with Crippen molar-refractivity contribution in [2.24, 2.45) is 0 Å². The predicted octanol–water partition coefficient (Wildman–Crippen LogP) is 3.04. The number of hydrogen-bond acceptors (Lipinski definition) is 6. The highest BCUT2D eigenvalue weighted by molar-refractivity contribution is 6.29. The van der Waals surface area contributed by atoms with Gasteiger partial charge in [0.2, 0.25) is 0 Å². The molecule has 0 fully saturated rings. The van der Waals surface area contributed by atoms with Gasteiger partial charge in [0.05, 0.1) is 25.0 Å². The third kappa shape index (κ3) is 6.07. The first kappa shape index (κ1) is 20.9. The maximum atomic E-state index is 10.3. The highest BCUT2D eigenvalue weighted by Crippen LogP contribution is 2.30. The number of ether oxygens (including phenoxy) is 2. The zero-order valence-corrected chi connectivity index (χ0v) is 16.6. The largest absolute Gasteiger partial charge is 0.491 e. The second-order valence-corrected chi connectivity index (χ2v) is 7.32. The predicted molar refractivity (Wildman–Crippen MR) is 109 cm³/mol. The van der Waals surface area contributed by atoms with Crippen molar-refractivity contribution in [1.82, 2.24) is 4.98 Å². The first-order valence-corrected chi connectivity index (χ1v) is 10.0. The van der Waals surface area contributed by atoms with E-state index < -0.39 is 12.2 Å². The number of nitrogens with zero attached hydrogens (tertiary/aromatic N) is 2. The molecule has 2 aromatic rings. The van der Waals surface area contributed by atoms with E-state index in [1.165, 1.54) is 0 Å². The third-order valence-electron chi connectivity index (χ3n) is 4.74. The van der Waals surface area contributed by atoms with Gasteiger partial charge < -0.3 is 24.6 Å². The number of aliphatic hydroxyl groups is 2. The Hall–Kier alpha value is -1.86. The molecule has 0 amide bonds. The van der Waals surface area contributed by atoms with Crippen LogP contribution in [-0.4, -0.2) is 53.8 Å². The van der Waals surface area contributed by atoms with Gasteiger partial charge in [-0.15, -0.1) is 0 Å². The smallest absolute Gasteiger partial charge is 0.142 e. The van der Waals surface area contributed by atoms with Gasteiger partial charge >= 0.3 is 0 Å². The fraction of sp³-hybridized carbons (Fsp3) is 0.476.